The first kappa shape index (κ1) is 23.7. The monoisotopic (exact) mass is 387 g/mol. The molecular weight excluding hydrogens is 346 g/mol. The summed E-state index contributed by atoms with van der Waals surface area (Å²) in [6.07, 6.45) is 9.10. The van der Waals surface area contributed by atoms with Crippen LogP contribution in [-0.4, -0.2) is 32.0 Å². The van der Waals surface area contributed by atoms with Crippen molar-refractivity contribution in [1.82, 2.24) is 4.90 Å². The molecule has 0 spiro atoms. The first-order chi connectivity index (χ1) is 12.8. The molecule has 0 heterocycles. The van der Waals surface area contributed by atoms with Crippen molar-refractivity contribution in [3.63, 3.8) is 0 Å². The van der Waals surface area contributed by atoms with E-state index in [2.05, 4.69) is 76.8 Å². The van der Waals surface area contributed by atoms with Crippen LogP contribution in [0.25, 0.3) is 0 Å². The fourth-order valence-corrected chi connectivity index (χ4v) is 5.56. The fourth-order valence-electron chi connectivity index (χ4n) is 3.63. The molecule has 1 aromatic rings. The molecule has 0 radical (unpaired) electrons. The van der Waals surface area contributed by atoms with E-state index in [-0.39, 0.29) is 5.91 Å². The highest BCUT2D eigenvalue weighted by Gasteiger charge is 2.27. The lowest BCUT2D eigenvalue weighted by molar-refractivity contribution is -0.130. The number of hydrogen-bond donors (Lipinski definition) is 0. The number of allylic oxidation sites excluding steroid dienone is 1. The number of carbonyl (C=O) groups is 1. The Hall–Kier alpha value is -1.35. The largest absolute Gasteiger partial charge is 0.343 e. The van der Waals surface area contributed by atoms with Crippen LogP contribution in [-0.2, 0) is 4.79 Å². The Morgan fingerprint density at radius 2 is 1.63 bits per heavy atom. The van der Waals surface area contributed by atoms with Gasteiger partial charge in [0.05, 0.1) is 8.07 Å². The summed E-state index contributed by atoms with van der Waals surface area (Å²) in [6.45, 7) is 15.3. The normalized spacial score (nSPS) is 13.5. The van der Waals surface area contributed by atoms with Crippen LogP contribution < -0.4 is 0 Å². The number of benzene rings is 1. The number of amides is 1. The Morgan fingerprint density at radius 1 is 1.00 bits per heavy atom. The molecule has 1 rings (SSSR count). The van der Waals surface area contributed by atoms with Gasteiger partial charge in [-0.1, -0.05) is 87.8 Å². The lowest BCUT2D eigenvalue weighted by Crippen LogP contribution is -2.32. The third kappa shape index (κ3) is 8.46. The van der Waals surface area contributed by atoms with Gasteiger partial charge in [-0.15, -0.1) is 0 Å². The molecule has 1 aromatic carbocycles. The van der Waals surface area contributed by atoms with Crippen molar-refractivity contribution in [2.24, 2.45) is 0 Å². The lowest BCUT2D eigenvalue weighted by Gasteiger charge is -2.28. The molecule has 1 unspecified atom stereocenters. The van der Waals surface area contributed by atoms with Gasteiger partial charge in [0, 0.05) is 19.5 Å². The second-order valence-corrected chi connectivity index (χ2v) is 14.0. The zero-order chi connectivity index (χ0) is 20.3. The maximum atomic E-state index is 12.8. The van der Waals surface area contributed by atoms with Crippen LogP contribution >= 0.6 is 0 Å². The summed E-state index contributed by atoms with van der Waals surface area (Å²) in [5, 5.41) is 0. The van der Waals surface area contributed by atoms with Crippen LogP contribution in [0.3, 0.4) is 0 Å². The minimum atomic E-state index is -1.44. The molecule has 0 bridgehead atoms. The van der Waals surface area contributed by atoms with E-state index in [0.29, 0.717) is 12.0 Å². The van der Waals surface area contributed by atoms with Gasteiger partial charge < -0.3 is 4.90 Å². The lowest BCUT2D eigenvalue weighted by atomic mass is 10.00. The molecule has 0 fully saturated rings. The second kappa shape index (κ2) is 12.2. The van der Waals surface area contributed by atoms with Crippen molar-refractivity contribution >= 4 is 14.0 Å². The van der Waals surface area contributed by atoms with Gasteiger partial charge in [-0.3, -0.25) is 4.79 Å². The Balaban J connectivity index is 3.09. The molecule has 0 N–H and O–H groups in total. The van der Waals surface area contributed by atoms with Gasteiger partial charge in [-0.05, 0) is 37.8 Å². The maximum Gasteiger partial charge on any atom is 0.226 e. The number of unbranched alkanes of at least 4 members (excludes halogenated alkanes) is 3. The predicted octanol–water partition coefficient (Wildman–Crippen LogP) is 6.80. The first-order valence-corrected chi connectivity index (χ1v) is 14.4. The van der Waals surface area contributed by atoms with E-state index >= 15 is 0 Å². The summed E-state index contributed by atoms with van der Waals surface area (Å²) < 4.78 is 0. The van der Waals surface area contributed by atoms with Crippen LogP contribution in [0, 0.1) is 0 Å². The summed E-state index contributed by atoms with van der Waals surface area (Å²) in [5.74, 6) is 0.282. The number of carbonyl (C=O) groups excluding carboxylic acids is 1. The van der Waals surface area contributed by atoms with Gasteiger partial charge in [0.15, 0.2) is 0 Å². The molecule has 1 amide bonds. The van der Waals surface area contributed by atoms with E-state index < -0.39 is 8.07 Å². The van der Waals surface area contributed by atoms with Crippen molar-refractivity contribution in [2.45, 2.75) is 84.5 Å². The summed E-state index contributed by atoms with van der Waals surface area (Å²) in [7, 11) is -1.44. The maximum absolute atomic E-state index is 12.8. The predicted molar refractivity (Wildman–Crippen MR) is 122 cm³/mol. The third-order valence-corrected chi connectivity index (χ3v) is 7.71. The van der Waals surface area contributed by atoms with E-state index in [4.69, 9.17) is 0 Å². The van der Waals surface area contributed by atoms with Crippen molar-refractivity contribution < 1.29 is 4.79 Å². The summed E-state index contributed by atoms with van der Waals surface area (Å²) in [5.41, 5.74) is 3.21. The number of nitrogens with zero attached hydrogens (tertiary/aromatic N) is 1. The standard InChI is InChI=1S/C24H41NOSi/c1-7-10-11-13-16-21(20-24(26)25(8-2)9-3)19-23(27(4,5)6)22-17-14-12-15-18-22/h12,14-15,17-19,23H,7-11,13,16,20H2,1-6H3/b21-19-. The quantitative estimate of drug-likeness (QED) is 0.219. The first-order valence-electron chi connectivity index (χ1n) is 10.9. The zero-order valence-electron chi connectivity index (χ0n) is 18.6. The smallest absolute Gasteiger partial charge is 0.226 e. The highest BCUT2D eigenvalue weighted by Crippen LogP contribution is 2.31. The molecule has 0 aromatic heterocycles. The van der Waals surface area contributed by atoms with Gasteiger partial charge in [0.25, 0.3) is 0 Å². The third-order valence-electron chi connectivity index (χ3n) is 5.34. The van der Waals surface area contributed by atoms with Crippen LogP contribution in [0.2, 0.25) is 19.6 Å². The molecule has 0 saturated heterocycles. The molecular formula is C24H41NOSi. The second-order valence-electron chi connectivity index (χ2n) is 8.63. The fraction of sp³-hybridized carbons (Fsp3) is 0.625. The van der Waals surface area contributed by atoms with Gasteiger partial charge in [0.2, 0.25) is 5.91 Å². The summed E-state index contributed by atoms with van der Waals surface area (Å²) in [6, 6.07) is 10.9. The van der Waals surface area contributed by atoms with E-state index in [1.807, 2.05) is 4.90 Å². The molecule has 0 saturated carbocycles. The average molecular weight is 388 g/mol. The zero-order valence-corrected chi connectivity index (χ0v) is 19.6. The number of hydrogen-bond acceptors (Lipinski definition) is 1. The molecule has 27 heavy (non-hydrogen) atoms. The Labute approximate surface area is 169 Å². The van der Waals surface area contributed by atoms with Crippen LogP contribution in [0.1, 0.15) is 70.4 Å². The average Bonchev–Trinajstić information content (AvgIpc) is 2.63. The van der Waals surface area contributed by atoms with Gasteiger partial charge >= 0.3 is 0 Å². The minimum Gasteiger partial charge on any atom is -0.343 e. The summed E-state index contributed by atoms with van der Waals surface area (Å²) in [4.78, 5) is 14.7. The van der Waals surface area contributed by atoms with Crippen LogP contribution in [0.15, 0.2) is 42.0 Å². The van der Waals surface area contributed by atoms with Crippen LogP contribution in [0.5, 0.6) is 0 Å². The molecule has 152 valence electrons. The topological polar surface area (TPSA) is 20.3 Å². The van der Waals surface area contributed by atoms with E-state index in [1.165, 1.54) is 36.8 Å². The number of rotatable bonds is 12. The van der Waals surface area contributed by atoms with Crippen molar-refractivity contribution in [1.29, 1.82) is 0 Å². The SMILES string of the molecule is CCCCCC/C(=C/C(c1ccccc1)[Si](C)(C)C)CC(=O)N(CC)CC. The van der Waals surface area contributed by atoms with E-state index in [9.17, 15) is 4.79 Å². The molecule has 0 aliphatic carbocycles. The highest BCUT2D eigenvalue weighted by molar-refractivity contribution is 6.78. The Bertz CT molecular complexity index is 570. The van der Waals surface area contributed by atoms with E-state index in [0.717, 1.165) is 19.5 Å². The van der Waals surface area contributed by atoms with Gasteiger partial charge in [0.1, 0.15) is 0 Å². The molecule has 0 aliphatic heterocycles. The van der Waals surface area contributed by atoms with Crippen molar-refractivity contribution in [3.8, 4) is 0 Å². The molecule has 0 aliphatic rings. The summed E-state index contributed by atoms with van der Waals surface area (Å²) >= 11 is 0. The minimum absolute atomic E-state index is 0.282. The van der Waals surface area contributed by atoms with Gasteiger partial charge in [-0.2, -0.15) is 0 Å². The van der Waals surface area contributed by atoms with Gasteiger partial charge in [-0.25, -0.2) is 0 Å². The molecule has 1 atom stereocenters. The Morgan fingerprint density at radius 3 is 2.15 bits per heavy atom. The van der Waals surface area contributed by atoms with Crippen molar-refractivity contribution in [3.05, 3.63) is 47.5 Å². The molecule has 2 nitrogen and oxygen atoms in total. The highest BCUT2D eigenvalue weighted by atomic mass is 28.3. The Kier molecular flexibility index (Phi) is 10.7. The van der Waals surface area contributed by atoms with Crippen molar-refractivity contribution in [2.75, 3.05) is 13.1 Å². The van der Waals surface area contributed by atoms with Crippen LogP contribution in [0.4, 0.5) is 0 Å². The molecule has 3 heteroatoms. The van der Waals surface area contributed by atoms with E-state index in [1.54, 1.807) is 0 Å².